The number of hydrogen-bond donors (Lipinski definition) is 2. The maximum Gasteiger partial charge on any atom is 0.249 e. The molecule has 0 aliphatic heterocycles. The first-order valence-corrected chi connectivity index (χ1v) is 8.36. The second kappa shape index (κ2) is 8.44. The Bertz CT molecular complexity index is 900. The molecule has 134 valence electrons. The highest BCUT2D eigenvalue weighted by Gasteiger charge is 2.11. The number of nitrogens with one attached hydrogen (secondary N) is 2. The van der Waals surface area contributed by atoms with Crippen molar-refractivity contribution in [1.82, 2.24) is 15.2 Å². The first kappa shape index (κ1) is 17.9. The Labute approximate surface area is 154 Å². The summed E-state index contributed by atoms with van der Waals surface area (Å²) < 4.78 is 18.7. The zero-order valence-corrected chi connectivity index (χ0v) is 14.5. The van der Waals surface area contributed by atoms with Crippen LogP contribution in [0.2, 0.25) is 5.02 Å². The molecular weight excluding hydrogens is 359 g/mol. The minimum absolute atomic E-state index is 0.167. The molecular formula is C18H16ClFN4O2. The topological polar surface area (TPSA) is 79.9 Å². The van der Waals surface area contributed by atoms with Crippen molar-refractivity contribution in [2.75, 3.05) is 11.9 Å². The third kappa shape index (κ3) is 4.58. The third-order valence-electron chi connectivity index (χ3n) is 3.51. The standard InChI is InChI=1S/C18H16ClFN4O2/c19-13-7-2-1-6-12(13)17-22-18(24-23-17)21-16(25)10-5-11-26-15-9-4-3-8-14(15)20/h1-4,6-9H,5,10-11H2,(H2,21,22,23,24,25). The average Bonchev–Trinajstić information content (AvgIpc) is 3.08. The number of amides is 1. The molecule has 0 saturated carbocycles. The normalized spacial score (nSPS) is 10.5. The van der Waals surface area contributed by atoms with E-state index in [9.17, 15) is 9.18 Å². The highest BCUT2D eigenvalue weighted by atomic mass is 35.5. The van der Waals surface area contributed by atoms with Gasteiger partial charge in [-0.3, -0.25) is 15.2 Å². The van der Waals surface area contributed by atoms with Crippen LogP contribution in [0.3, 0.4) is 0 Å². The third-order valence-corrected chi connectivity index (χ3v) is 3.84. The molecule has 2 aromatic carbocycles. The van der Waals surface area contributed by atoms with Crippen LogP contribution in [-0.4, -0.2) is 27.7 Å². The first-order valence-electron chi connectivity index (χ1n) is 7.98. The number of carbonyl (C=O) groups excluding carboxylic acids is 1. The van der Waals surface area contributed by atoms with Gasteiger partial charge in [-0.05, 0) is 30.7 Å². The predicted octanol–water partition coefficient (Wildman–Crippen LogP) is 4.06. The molecule has 1 aromatic heterocycles. The van der Waals surface area contributed by atoms with Gasteiger partial charge in [0.05, 0.1) is 11.6 Å². The van der Waals surface area contributed by atoms with Crippen LogP contribution in [-0.2, 0) is 4.79 Å². The van der Waals surface area contributed by atoms with Gasteiger partial charge in [-0.15, -0.1) is 5.10 Å². The lowest BCUT2D eigenvalue weighted by atomic mass is 10.2. The fourth-order valence-corrected chi connectivity index (χ4v) is 2.48. The lowest BCUT2D eigenvalue weighted by molar-refractivity contribution is -0.116. The number of aromatic nitrogens is 3. The molecule has 0 atom stereocenters. The molecule has 2 N–H and O–H groups in total. The number of benzene rings is 2. The van der Waals surface area contributed by atoms with Crippen LogP contribution in [0.1, 0.15) is 12.8 Å². The number of H-pyrrole nitrogens is 1. The van der Waals surface area contributed by atoms with Crippen molar-refractivity contribution in [3.05, 3.63) is 59.4 Å². The second-order valence-corrected chi connectivity index (χ2v) is 5.83. The van der Waals surface area contributed by atoms with Gasteiger partial charge in [0, 0.05) is 12.0 Å². The number of ether oxygens (including phenoxy) is 1. The quantitative estimate of drug-likeness (QED) is 0.611. The molecule has 0 radical (unpaired) electrons. The lowest BCUT2D eigenvalue weighted by Gasteiger charge is -2.06. The smallest absolute Gasteiger partial charge is 0.249 e. The Balaban J connectivity index is 1.47. The molecule has 3 aromatic rings. The van der Waals surface area contributed by atoms with Crippen molar-refractivity contribution >= 4 is 23.5 Å². The average molecular weight is 375 g/mol. The Morgan fingerprint density at radius 3 is 2.77 bits per heavy atom. The van der Waals surface area contributed by atoms with Crippen LogP contribution in [0.5, 0.6) is 5.75 Å². The number of carbonyl (C=O) groups is 1. The minimum atomic E-state index is -0.426. The molecule has 1 amide bonds. The summed E-state index contributed by atoms with van der Waals surface area (Å²) in [5.41, 5.74) is 0.695. The Kier molecular flexibility index (Phi) is 5.80. The summed E-state index contributed by atoms with van der Waals surface area (Å²) in [5, 5.41) is 9.82. The number of rotatable bonds is 7. The molecule has 8 heteroatoms. The van der Waals surface area contributed by atoms with Crippen LogP contribution in [0, 0.1) is 5.82 Å². The van der Waals surface area contributed by atoms with Gasteiger partial charge < -0.3 is 4.74 Å². The molecule has 0 saturated heterocycles. The molecule has 1 heterocycles. The minimum Gasteiger partial charge on any atom is -0.491 e. The summed E-state index contributed by atoms with van der Waals surface area (Å²) in [7, 11) is 0. The van der Waals surface area contributed by atoms with E-state index >= 15 is 0 Å². The van der Waals surface area contributed by atoms with Crippen LogP contribution in [0.25, 0.3) is 11.4 Å². The number of hydrogen-bond acceptors (Lipinski definition) is 4. The summed E-state index contributed by atoms with van der Waals surface area (Å²) in [6, 6.07) is 13.3. The van der Waals surface area contributed by atoms with E-state index in [1.807, 2.05) is 12.1 Å². The number of aromatic amines is 1. The first-order chi connectivity index (χ1) is 12.6. The molecule has 6 nitrogen and oxygen atoms in total. The van der Waals surface area contributed by atoms with Gasteiger partial charge in [0.25, 0.3) is 0 Å². The van der Waals surface area contributed by atoms with Gasteiger partial charge in [-0.25, -0.2) is 4.39 Å². The van der Waals surface area contributed by atoms with Crippen molar-refractivity contribution in [2.24, 2.45) is 0 Å². The van der Waals surface area contributed by atoms with Gasteiger partial charge >= 0.3 is 0 Å². The summed E-state index contributed by atoms with van der Waals surface area (Å²) in [6.07, 6.45) is 0.631. The van der Waals surface area contributed by atoms with E-state index in [0.29, 0.717) is 22.8 Å². The van der Waals surface area contributed by atoms with Gasteiger partial charge in [0.15, 0.2) is 17.4 Å². The van der Waals surface area contributed by atoms with Crippen molar-refractivity contribution in [1.29, 1.82) is 0 Å². The maximum atomic E-state index is 13.4. The Hall–Kier alpha value is -2.93. The van der Waals surface area contributed by atoms with Crippen LogP contribution in [0.15, 0.2) is 48.5 Å². The van der Waals surface area contributed by atoms with Gasteiger partial charge in [0.1, 0.15) is 0 Å². The van der Waals surface area contributed by atoms with Crippen molar-refractivity contribution in [2.45, 2.75) is 12.8 Å². The molecule has 0 fully saturated rings. The van der Waals surface area contributed by atoms with Crippen LogP contribution in [0.4, 0.5) is 10.3 Å². The fourth-order valence-electron chi connectivity index (χ4n) is 2.26. The monoisotopic (exact) mass is 374 g/mol. The van der Waals surface area contributed by atoms with E-state index in [2.05, 4.69) is 20.5 Å². The highest BCUT2D eigenvalue weighted by molar-refractivity contribution is 6.33. The molecule has 26 heavy (non-hydrogen) atoms. The lowest BCUT2D eigenvalue weighted by Crippen LogP contribution is -2.14. The van der Waals surface area contributed by atoms with Crippen molar-refractivity contribution < 1.29 is 13.9 Å². The van der Waals surface area contributed by atoms with Gasteiger partial charge in [-0.1, -0.05) is 35.9 Å². The number of halogens is 2. The predicted molar refractivity (Wildman–Crippen MR) is 96.6 cm³/mol. The largest absolute Gasteiger partial charge is 0.491 e. The van der Waals surface area contributed by atoms with Crippen molar-refractivity contribution in [3.8, 4) is 17.1 Å². The Morgan fingerprint density at radius 2 is 1.96 bits per heavy atom. The van der Waals surface area contributed by atoms with Crippen LogP contribution >= 0.6 is 11.6 Å². The Morgan fingerprint density at radius 1 is 1.19 bits per heavy atom. The molecule has 3 rings (SSSR count). The highest BCUT2D eigenvalue weighted by Crippen LogP contribution is 2.24. The van der Waals surface area contributed by atoms with Crippen molar-refractivity contribution in [3.63, 3.8) is 0 Å². The van der Waals surface area contributed by atoms with E-state index in [-0.39, 0.29) is 30.6 Å². The summed E-state index contributed by atoms with van der Waals surface area (Å²) in [6.45, 7) is 0.229. The van der Waals surface area contributed by atoms with E-state index in [0.717, 1.165) is 0 Å². The summed E-state index contributed by atoms with van der Waals surface area (Å²) >= 11 is 6.10. The molecule has 0 aliphatic carbocycles. The molecule has 0 aliphatic rings. The summed E-state index contributed by atoms with van der Waals surface area (Å²) in [5.74, 6) is 0.122. The van der Waals surface area contributed by atoms with E-state index < -0.39 is 5.82 Å². The second-order valence-electron chi connectivity index (χ2n) is 5.42. The van der Waals surface area contributed by atoms with E-state index in [4.69, 9.17) is 16.3 Å². The molecule has 0 bridgehead atoms. The van der Waals surface area contributed by atoms with Crippen LogP contribution < -0.4 is 10.1 Å². The zero-order valence-electron chi connectivity index (χ0n) is 13.7. The molecule has 0 spiro atoms. The molecule has 0 unspecified atom stereocenters. The van der Waals surface area contributed by atoms with Gasteiger partial charge in [-0.2, -0.15) is 4.98 Å². The fraction of sp³-hybridized carbons (Fsp3) is 0.167. The van der Waals surface area contributed by atoms with Gasteiger partial charge in [0.2, 0.25) is 11.9 Å². The number of nitrogens with zero attached hydrogens (tertiary/aromatic N) is 2. The van der Waals surface area contributed by atoms with E-state index in [1.165, 1.54) is 6.07 Å². The zero-order chi connectivity index (χ0) is 18.4. The summed E-state index contributed by atoms with van der Waals surface area (Å²) in [4.78, 5) is 16.1. The van der Waals surface area contributed by atoms with E-state index in [1.54, 1.807) is 30.3 Å². The SMILES string of the molecule is O=C(CCCOc1ccccc1F)Nc1n[nH]c(-c2ccccc2Cl)n1. The number of anilines is 1. The maximum absolute atomic E-state index is 13.4. The number of para-hydroxylation sites is 1.